The van der Waals surface area contributed by atoms with Gasteiger partial charge < -0.3 is 4.74 Å². The van der Waals surface area contributed by atoms with Crippen LogP contribution >= 0.6 is 10.7 Å². The largest absolute Gasteiger partial charge is 0.378 e. The topological polar surface area (TPSA) is 43.4 Å². The second kappa shape index (κ2) is 5.89. The van der Waals surface area contributed by atoms with Crippen LogP contribution in [0.4, 0.5) is 0 Å². The summed E-state index contributed by atoms with van der Waals surface area (Å²) in [5.41, 5.74) is -0.111. The van der Waals surface area contributed by atoms with Crippen molar-refractivity contribution in [2.24, 2.45) is 11.3 Å². The minimum Gasteiger partial charge on any atom is -0.378 e. The Balaban J connectivity index is 2.51. The van der Waals surface area contributed by atoms with E-state index in [0.717, 1.165) is 12.8 Å². The molecule has 0 aromatic carbocycles. The minimum absolute atomic E-state index is 0.00915. The van der Waals surface area contributed by atoms with Crippen LogP contribution in [-0.2, 0) is 13.8 Å². The monoisotopic (exact) mass is 282 g/mol. The number of hydrogen-bond donors (Lipinski definition) is 0. The van der Waals surface area contributed by atoms with Gasteiger partial charge in [0.05, 0.1) is 18.5 Å². The summed E-state index contributed by atoms with van der Waals surface area (Å²) in [6.07, 6.45) is 4.96. The lowest BCUT2D eigenvalue weighted by Gasteiger charge is -2.30. The van der Waals surface area contributed by atoms with Crippen LogP contribution in [-0.4, -0.2) is 26.9 Å². The zero-order chi connectivity index (χ0) is 13.1. The van der Waals surface area contributed by atoms with Gasteiger partial charge in [-0.2, -0.15) is 0 Å². The van der Waals surface area contributed by atoms with Gasteiger partial charge in [0.25, 0.3) is 0 Å². The molecule has 1 aliphatic carbocycles. The van der Waals surface area contributed by atoms with Crippen LogP contribution in [0.25, 0.3) is 0 Å². The molecule has 1 unspecified atom stereocenters. The lowest BCUT2D eigenvalue weighted by molar-refractivity contribution is 0.0125. The molecule has 0 aromatic rings. The molecule has 0 N–H and O–H groups in total. The van der Waals surface area contributed by atoms with Gasteiger partial charge in [-0.1, -0.05) is 33.6 Å². The maximum absolute atomic E-state index is 11.2. The number of hydrogen-bond acceptors (Lipinski definition) is 3. The summed E-state index contributed by atoms with van der Waals surface area (Å²) in [4.78, 5) is 0. The first-order valence-electron chi connectivity index (χ1n) is 6.22. The number of halogens is 1. The average molecular weight is 283 g/mol. The quantitative estimate of drug-likeness (QED) is 0.728. The van der Waals surface area contributed by atoms with Gasteiger partial charge in [-0.3, -0.25) is 0 Å². The van der Waals surface area contributed by atoms with E-state index in [1.54, 1.807) is 0 Å². The van der Waals surface area contributed by atoms with Gasteiger partial charge in [0, 0.05) is 16.6 Å². The predicted octanol–water partition coefficient (Wildman–Crippen LogP) is 3.18. The lowest BCUT2D eigenvalue weighted by Crippen LogP contribution is -2.32. The molecule has 0 heterocycles. The highest BCUT2D eigenvalue weighted by Crippen LogP contribution is 2.30. The Morgan fingerprint density at radius 2 is 1.82 bits per heavy atom. The van der Waals surface area contributed by atoms with Crippen LogP contribution in [0.1, 0.15) is 46.5 Å². The minimum atomic E-state index is -3.46. The number of rotatable bonds is 5. The van der Waals surface area contributed by atoms with E-state index in [0.29, 0.717) is 12.7 Å². The molecule has 0 aromatic heterocycles. The summed E-state index contributed by atoms with van der Waals surface area (Å²) in [5, 5.41) is 0. The van der Waals surface area contributed by atoms with Crippen LogP contribution < -0.4 is 0 Å². The molecular formula is C12H23ClO3S. The molecule has 0 aliphatic heterocycles. The molecule has 0 bridgehead atoms. The highest BCUT2D eigenvalue weighted by Gasteiger charge is 2.30. The van der Waals surface area contributed by atoms with Gasteiger partial charge in [-0.25, -0.2) is 8.42 Å². The van der Waals surface area contributed by atoms with Crippen molar-refractivity contribution in [2.75, 3.05) is 12.4 Å². The molecule has 1 aliphatic rings. The molecule has 0 spiro atoms. The van der Waals surface area contributed by atoms with Crippen LogP contribution in [0.15, 0.2) is 0 Å². The Morgan fingerprint density at radius 1 is 1.29 bits per heavy atom. The van der Waals surface area contributed by atoms with E-state index in [-0.39, 0.29) is 17.1 Å². The Morgan fingerprint density at radius 3 is 2.24 bits per heavy atom. The normalized spacial score (nSPS) is 20.7. The van der Waals surface area contributed by atoms with E-state index < -0.39 is 9.05 Å². The molecule has 0 radical (unpaired) electrons. The summed E-state index contributed by atoms with van der Waals surface area (Å²) < 4.78 is 28.2. The first kappa shape index (κ1) is 15.3. The third kappa shape index (κ3) is 6.07. The van der Waals surface area contributed by atoms with Crippen LogP contribution in [0.3, 0.4) is 0 Å². The first-order chi connectivity index (χ1) is 7.68. The van der Waals surface area contributed by atoms with E-state index in [1.165, 1.54) is 12.8 Å². The van der Waals surface area contributed by atoms with Crippen molar-refractivity contribution in [3.8, 4) is 0 Å². The van der Waals surface area contributed by atoms with Gasteiger partial charge in [0.2, 0.25) is 9.05 Å². The van der Waals surface area contributed by atoms with E-state index in [1.807, 2.05) is 20.8 Å². The first-order valence-corrected chi connectivity index (χ1v) is 8.70. The van der Waals surface area contributed by atoms with Crippen molar-refractivity contribution >= 4 is 19.7 Å². The molecule has 1 rings (SSSR count). The van der Waals surface area contributed by atoms with E-state index in [4.69, 9.17) is 15.4 Å². The second-order valence-electron chi connectivity index (χ2n) is 6.01. The van der Waals surface area contributed by atoms with Gasteiger partial charge in [0.15, 0.2) is 0 Å². The van der Waals surface area contributed by atoms with Crippen molar-refractivity contribution < 1.29 is 13.2 Å². The highest BCUT2D eigenvalue weighted by molar-refractivity contribution is 8.13. The van der Waals surface area contributed by atoms with Crippen molar-refractivity contribution in [1.29, 1.82) is 0 Å². The maximum atomic E-state index is 11.2. The molecular weight excluding hydrogens is 260 g/mol. The standard InChI is InChI=1S/C12H23ClO3S/c1-12(2,3)10(9-17(13,14)15)8-16-11-6-4-5-7-11/h10-11H,4-9H2,1-3H3. The Labute approximate surface area is 109 Å². The summed E-state index contributed by atoms with van der Waals surface area (Å²) in [7, 11) is 1.89. The molecule has 102 valence electrons. The maximum Gasteiger partial charge on any atom is 0.232 e. The summed E-state index contributed by atoms with van der Waals surface area (Å²) >= 11 is 0. The van der Waals surface area contributed by atoms with E-state index in [9.17, 15) is 8.42 Å². The number of ether oxygens (including phenoxy) is 1. The third-order valence-corrected chi connectivity index (χ3v) is 4.64. The highest BCUT2D eigenvalue weighted by atomic mass is 35.7. The lowest BCUT2D eigenvalue weighted by atomic mass is 9.82. The van der Waals surface area contributed by atoms with E-state index in [2.05, 4.69) is 0 Å². The molecule has 0 amide bonds. The molecule has 5 heteroatoms. The Kier molecular flexibility index (Phi) is 5.29. The molecule has 1 saturated carbocycles. The SMILES string of the molecule is CC(C)(C)C(COC1CCCC1)CS(=O)(=O)Cl. The predicted molar refractivity (Wildman–Crippen MR) is 70.8 cm³/mol. The van der Waals surface area contributed by atoms with Gasteiger partial charge in [0.1, 0.15) is 0 Å². The van der Waals surface area contributed by atoms with Crippen molar-refractivity contribution in [1.82, 2.24) is 0 Å². The Bertz CT molecular complexity index is 326. The van der Waals surface area contributed by atoms with Gasteiger partial charge in [-0.15, -0.1) is 0 Å². The second-order valence-corrected chi connectivity index (χ2v) is 8.83. The zero-order valence-electron chi connectivity index (χ0n) is 10.9. The zero-order valence-corrected chi connectivity index (χ0v) is 12.5. The smallest absolute Gasteiger partial charge is 0.232 e. The fourth-order valence-corrected chi connectivity index (χ4v) is 3.63. The fraction of sp³-hybridized carbons (Fsp3) is 1.00. The molecule has 17 heavy (non-hydrogen) atoms. The van der Waals surface area contributed by atoms with Crippen LogP contribution in [0.2, 0.25) is 0 Å². The Hall–Kier alpha value is 0.200. The average Bonchev–Trinajstić information content (AvgIpc) is 2.60. The van der Waals surface area contributed by atoms with Gasteiger partial charge >= 0.3 is 0 Å². The van der Waals surface area contributed by atoms with Crippen LogP contribution in [0, 0.1) is 11.3 Å². The van der Waals surface area contributed by atoms with E-state index >= 15 is 0 Å². The molecule has 3 nitrogen and oxygen atoms in total. The van der Waals surface area contributed by atoms with Crippen LogP contribution in [0.5, 0.6) is 0 Å². The molecule has 1 fully saturated rings. The summed E-state index contributed by atoms with van der Waals surface area (Å²) in [5.74, 6) is -0.0595. The molecule has 1 atom stereocenters. The van der Waals surface area contributed by atoms with Gasteiger partial charge in [-0.05, 0) is 18.3 Å². The van der Waals surface area contributed by atoms with Crippen molar-refractivity contribution in [3.05, 3.63) is 0 Å². The summed E-state index contributed by atoms with van der Waals surface area (Å²) in [6.45, 7) is 6.56. The molecule has 0 saturated heterocycles. The van der Waals surface area contributed by atoms with Crippen molar-refractivity contribution in [2.45, 2.75) is 52.6 Å². The van der Waals surface area contributed by atoms with Crippen molar-refractivity contribution in [3.63, 3.8) is 0 Å². The third-order valence-electron chi connectivity index (χ3n) is 3.46. The summed E-state index contributed by atoms with van der Waals surface area (Å²) in [6, 6.07) is 0. The fourth-order valence-electron chi connectivity index (χ4n) is 2.10.